The number of ether oxygens (including phenoxy) is 1. The van der Waals surface area contributed by atoms with Gasteiger partial charge in [0.25, 0.3) is 0 Å². The molecule has 0 unspecified atom stereocenters. The standard InChI is InChI=1S/C10H8ClNO/c1-13-9-5-4-8(11)7-3-2-6-12-10(7)9/h2-6H,1H3/i6D. The Bertz CT molecular complexity index is 487. The second kappa shape index (κ2) is 3.23. The van der Waals surface area contributed by atoms with Crippen LogP contribution in [0.5, 0.6) is 5.75 Å². The first-order chi connectivity index (χ1) is 6.72. The van der Waals surface area contributed by atoms with Crippen molar-refractivity contribution >= 4 is 22.5 Å². The highest BCUT2D eigenvalue weighted by Crippen LogP contribution is 2.28. The molecule has 0 aliphatic carbocycles. The average Bonchev–Trinajstić information content (AvgIpc) is 2.18. The van der Waals surface area contributed by atoms with Crippen molar-refractivity contribution in [2.24, 2.45) is 0 Å². The van der Waals surface area contributed by atoms with Gasteiger partial charge >= 0.3 is 0 Å². The van der Waals surface area contributed by atoms with Crippen LogP contribution in [0.1, 0.15) is 1.37 Å². The predicted molar refractivity (Wildman–Crippen MR) is 53.3 cm³/mol. The van der Waals surface area contributed by atoms with Crippen LogP contribution in [0.15, 0.2) is 30.4 Å². The van der Waals surface area contributed by atoms with E-state index in [1.54, 1.807) is 31.4 Å². The highest BCUT2D eigenvalue weighted by Gasteiger charge is 2.04. The SMILES string of the molecule is [2H]c1ccc2c(Cl)ccc(OC)c2n1. The first kappa shape index (κ1) is 7.15. The van der Waals surface area contributed by atoms with Crippen LogP contribution < -0.4 is 4.74 Å². The number of benzene rings is 1. The van der Waals surface area contributed by atoms with E-state index in [1.165, 1.54) is 0 Å². The van der Waals surface area contributed by atoms with Crippen molar-refractivity contribution in [1.82, 2.24) is 4.98 Å². The molecular formula is C10H8ClNO. The number of hydrogen-bond acceptors (Lipinski definition) is 2. The summed E-state index contributed by atoms with van der Waals surface area (Å²) in [6.45, 7) is 0. The first-order valence-electron chi connectivity index (χ1n) is 4.32. The van der Waals surface area contributed by atoms with Crippen molar-refractivity contribution in [3.63, 3.8) is 0 Å². The molecule has 1 aromatic carbocycles. The molecule has 0 spiro atoms. The lowest BCUT2D eigenvalue weighted by molar-refractivity contribution is 0.419. The van der Waals surface area contributed by atoms with Crippen molar-refractivity contribution in [1.29, 1.82) is 0 Å². The number of halogens is 1. The summed E-state index contributed by atoms with van der Waals surface area (Å²) < 4.78 is 12.5. The van der Waals surface area contributed by atoms with Crippen LogP contribution in [-0.4, -0.2) is 12.1 Å². The second-order valence-corrected chi connectivity index (χ2v) is 2.99. The summed E-state index contributed by atoms with van der Waals surface area (Å²) in [4.78, 5) is 4.06. The van der Waals surface area contributed by atoms with E-state index in [-0.39, 0.29) is 6.17 Å². The van der Waals surface area contributed by atoms with E-state index in [0.717, 1.165) is 5.39 Å². The third-order valence-electron chi connectivity index (χ3n) is 1.85. The number of rotatable bonds is 1. The summed E-state index contributed by atoms with van der Waals surface area (Å²) >= 11 is 5.98. The molecule has 2 rings (SSSR count). The Balaban J connectivity index is 2.85. The van der Waals surface area contributed by atoms with Crippen LogP contribution in [0.3, 0.4) is 0 Å². The minimum Gasteiger partial charge on any atom is -0.494 e. The molecule has 2 aromatic rings. The zero-order valence-corrected chi connectivity index (χ0v) is 7.80. The Hall–Kier alpha value is -1.28. The zero-order chi connectivity index (χ0) is 10.1. The highest BCUT2D eigenvalue weighted by atomic mass is 35.5. The summed E-state index contributed by atoms with van der Waals surface area (Å²) in [5.74, 6) is 0.638. The Morgan fingerprint density at radius 2 is 2.31 bits per heavy atom. The lowest BCUT2D eigenvalue weighted by Crippen LogP contribution is -1.87. The molecule has 0 fully saturated rings. The molecule has 0 amide bonds. The number of aromatic nitrogens is 1. The van der Waals surface area contributed by atoms with Gasteiger partial charge in [-0.3, -0.25) is 4.98 Å². The Labute approximate surface area is 82.5 Å². The number of hydrogen-bond donors (Lipinski definition) is 0. The summed E-state index contributed by atoms with van der Waals surface area (Å²) in [7, 11) is 1.57. The normalized spacial score (nSPS) is 11.4. The molecule has 3 heteroatoms. The first-order valence-corrected chi connectivity index (χ1v) is 4.20. The molecule has 0 aliphatic heterocycles. The van der Waals surface area contributed by atoms with Crippen molar-refractivity contribution in [2.75, 3.05) is 7.11 Å². The van der Waals surface area contributed by atoms with E-state index in [1.807, 2.05) is 0 Å². The number of nitrogens with zero attached hydrogens (tertiary/aromatic N) is 1. The molecule has 0 atom stereocenters. The molecule has 13 heavy (non-hydrogen) atoms. The average molecular weight is 195 g/mol. The smallest absolute Gasteiger partial charge is 0.145 e. The third kappa shape index (κ3) is 1.33. The fraction of sp³-hybridized carbons (Fsp3) is 0.100. The quantitative estimate of drug-likeness (QED) is 0.697. The van der Waals surface area contributed by atoms with E-state index in [2.05, 4.69) is 4.98 Å². The maximum absolute atomic E-state index is 7.41. The van der Waals surface area contributed by atoms with E-state index in [4.69, 9.17) is 17.7 Å². The van der Waals surface area contributed by atoms with Gasteiger partial charge in [-0.15, -0.1) is 0 Å². The van der Waals surface area contributed by atoms with Gasteiger partial charge in [0.2, 0.25) is 0 Å². The molecule has 66 valence electrons. The van der Waals surface area contributed by atoms with Gasteiger partial charge in [-0.2, -0.15) is 0 Å². The molecule has 1 aromatic heterocycles. The molecular weight excluding hydrogens is 186 g/mol. The molecule has 0 aliphatic rings. The largest absolute Gasteiger partial charge is 0.494 e. The van der Waals surface area contributed by atoms with E-state index < -0.39 is 0 Å². The third-order valence-corrected chi connectivity index (χ3v) is 2.18. The van der Waals surface area contributed by atoms with Crippen molar-refractivity contribution in [3.05, 3.63) is 35.5 Å². The van der Waals surface area contributed by atoms with Crippen LogP contribution in [0.4, 0.5) is 0 Å². The maximum atomic E-state index is 7.41. The van der Waals surface area contributed by atoms with Crippen molar-refractivity contribution in [3.8, 4) is 5.75 Å². The molecule has 2 nitrogen and oxygen atoms in total. The fourth-order valence-electron chi connectivity index (χ4n) is 1.22. The van der Waals surface area contributed by atoms with Crippen molar-refractivity contribution in [2.45, 2.75) is 0 Å². The summed E-state index contributed by atoms with van der Waals surface area (Å²) in [5.41, 5.74) is 0.632. The van der Waals surface area contributed by atoms with Gasteiger partial charge in [0.1, 0.15) is 11.3 Å². The van der Waals surface area contributed by atoms with Crippen molar-refractivity contribution < 1.29 is 6.11 Å². The summed E-state index contributed by atoms with van der Waals surface area (Å²) in [6.07, 6.45) is 0.207. The van der Waals surface area contributed by atoms with Gasteiger partial charge in [-0.05, 0) is 24.3 Å². The van der Waals surface area contributed by atoms with Crippen LogP contribution in [0, 0.1) is 0 Å². The molecule has 1 heterocycles. The van der Waals surface area contributed by atoms with E-state index in [9.17, 15) is 0 Å². The van der Waals surface area contributed by atoms with Gasteiger partial charge in [0.15, 0.2) is 0 Å². The van der Waals surface area contributed by atoms with Gasteiger partial charge in [0, 0.05) is 11.6 Å². The van der Waals surface area contributed by atoms with E-state index in [0.29, 0.717) is 16.3 Å². The second-order valence-electron chi connectivity index (χ2n) is 2.59. The summed E-state index contributed by atoms with van der Waals surface area (Å²) in [6, 6.07) is 6.88. The van der Waals surface area contributed by atoms with Gasteiger partial charge in [0.05, 0.1) is 13.5 Å². The van der Waals surface area contributed by atoms with Crippen LogP contribution in [0.25, 0.3) is 10.9 Å². The Morgan fingerprint density at radius 3 is 3.08 bits per heavy atom. The minimum atomic E-state index is 0.207. The monoisotopic (exact) mass is 194 g/mol. The number of methoxy groups -OCH3 is 1. The lowest BCUT2D eigenvalue weighted by Gasteiger charge is -2.04. The zero-order valence-electron chi connectivity index (χ0n) is 8.04. The predicted octanol–water partition coefficient (Wildman–Crippen LogP) is 2.90. The molecule has 0 saturated heterocycles. The molecule has 0 saturated carbocycles. The van der Waals surface area contributed by atoms with E-state index >= 15 is 0 Å². The van der Waals surface area contributed by atoms with Crippen LogP contribution >= 0.6 is 11.6 Å². The topological polar surface area (TPSA) is 22.1 Å². The Kier molecular flexibility index (Phi) is 1.78. The van der Waals surface area contributed by atoms with Crippen LogP contribution in [-0.2, 0) is 0 Å². The Morgan fingerprint density at radius 1 is 1.46 bits per heavy atom. The highest BCUT2D eigenvalue weighted by molar-refractivity contribution is 6.35. The van der Waals surface area contributed by atoms with Gasteiger partial charge in [-0.1, -0.05) is 11.6 Å². The number of fused-ring (bicyclic) bond motifs is 1. The number of pyridine rings is 1. The molecule has 0 N–H and O–H groups in total. The fourth-order valence-corrected chi connectivity index (χ4v) is 1.44. The van der Waals surface area contributed by atoms with Crippen LogP contribution in [0.2, 0.25) is 5.02 Å². The maximum Gasteiger partial charge on any atom is 0.145 e. The van der Waals surface area contributed by atoms with Gasteiger partial charge in [-0.25, -0.2) is 0 Å². The lowest BCUT2D eigenvalue weighted by atomic mass is 10.2. The molecule has 0 radical (unpaired) electrons. The molecule has 0 bridgehead atoms. The van der Waals surface area contributed by atoms with Gasteiger partial charge < -0.3 is 4.74 Å². The summed E-state index contributed by atoms with van der Waals surface area (Å²) in [5, 5.41) is 1.43. The minimum absolute atomic E-state index is 0.207.